The van der Waals surface area contributed by atoms with Gasteiger partial charge in [-0.25, -0.2) is 17.5 Å². The van der Waals surface area contributed by atoms with Gasteiger partial charge in [0.25, 0.3) is 0 Å². The van der Waals surface area contributed by atoms with Crippen molar-refractivity contribution in [3.05, 3.63) is 23.5 Å². The molecule has 1 unspecified atom stereocenters. The molecule has 1 saturated carbocycles. The molecule has 1 aromatic carbocycles. The van der Waals surface area contributed by atoms with Crippen LogP contribution < -0.4 is 10.5 Å². The van der Waals surface area contributed by atoms with Crippen molar-refractivity contribution in [1.29, 1.82) is 0 Å². The summed E-state index contributed by atoms with van der Waals surface area (Å²) < 4.78 is 41.4. The van der Waals surface area contributed by atoms with E-state index in [9.17, 15) is 12.8 Å². The number of halogens is 1. The second kappa shape index (κ2) is 5.57. The van der Waals surface area contributed by atoms with Crippen LogP contribution in [0.15, 0.2) is 17.0 Å². The fourth-order valence-corrected chi connectivity index (χ4v) is 4.29. The molecule has 1 aromatic rings. The summed E-state index contributed by atoms with van der Waals surface area (Å²) in [6.07, 6.45) is 3.89. The number of rotatable bonds is 3. The van der Waals surface area contributed by atoms with Gasteiger partial charge in [0.1, 0.15) is 5.82 Å². The highest BCUT2D eigenvalue weighted by molar-refractivity contribution is 7.89. The summed E-state index contributed by atoms with van der Waals surface area (Å²) in [4.78, 5) is -0.107. The molecule has 1 aliphatic rings. The first-order valence-corrected chi connectivity index (χ1v) is 8.70. The van der Waals surface area contributed by atoms with Gasteiger partial charge in [0.05, 0.1) is 4.90 Å². The summed E-state index contributed by atoms with van der Waals surface area (Å²) in [6, 6.07) is 2.21. The molecule has 1 fully saturated rings. The topological polar surface area (TPSA) is 72.2 Å². The first-order valence-electron chi connectivity index (χ1n) is 7.21. The van der Waals surface area contributed by atoms with Crippen LogP contribution in [0.4, 0.5) is 10.1 Å². The van der Waals surface area contributed by atoms with Crippen LogP contribution in [0.5, 0.6) is 0 Å². The number of anilines is 1. The van der Waals surface area contributed by atoms with Crippen LogP contribution in [-0.4, -0.2) is 14.5 Å². The molecule has 0 bridgehead atoms. The maximum absolute atomic E-state index is 13.7. The Hall–Kier alpha value is -1.14. The third-order valence-electron chi connectivity index (χ3n) is 4.47. The van der Waals surface area contributed by atoms with Crippen LogP contribution in [0.1, 0.15) is 45.1 Å². The molecule has 0 spiro atoms. The third kappa shape index (κ3) is 3.37. The van der Waals surface area contributed by atoms with E-state index in [0.717, 1.165) is 31.7 Å². The van der Waals surface area contributed by atoms with Crippen molar-refractivity contribution >= 4 is 15.7 Å². The van der Waals surface area contributed by atoms with Crippen LogP contribution in [0.2, 0.25) is 0 Å². The Kier molecular flexibility index (Phi) is 4.31. The van der Waals surface area contributed by atoms with Gasteiger partial charge in [-0.05, 0) is 37.3 Å². The Labute approximate surface area is 126 Å². The van der Waals surface area contributed by atoms with E-state index in [-0.39, 0.29) is 27.6 Å². The first kappa shape index (κ1) is 16.2. The van der Waals surface area contributed by atoms with Gasteiger partial charge in [0.2, 0.25) is 10.0 Å². The molecular formula is C15H23FN2O2S. The Bertz CT molecular complexity index is 618. The summed E-state index contributed by atoms with van der Waals surface area (Å²) in [7, 11) is -3.76. The molecule has 0 saturated heterocycles. The predicted octanol–water partition coefficient (Wildman–Crippen LogP) is 2.96. The lowest BCUT2D eigenvalue weighted by molar-refractivity contribution is 0.188. The van der Waals surface area contributed by atoms with Gasteiger partial charge < -0.3 is 5.73 Å². The van der Waals surface area contributed by atoms with Gasteiger partial charge in [-0.1, -0.05) is 26.7 Å². The Balaban J connectivity index is 2.30. The van der Waals surface area contributed by atoms with Gasteiger partial charge in [-0.15, -0.1) is 0 Å². The van der Waals surface area contributed by atoms with Gasteiger partial charge >= 0.3 is 0 Å². The van der Waals surface area contributed by atoms with E-state index < -0.39 is 15.8 Å². The van der Waals surface area contributed by atoms with Crippen LogP contribution in [0.3, 0.4) is 0 Å². The molecule has 3 N–H and O–H groups in total. The molecule has 6 heteroatoms. The molecule has 2 rings (SSSR count). The Morgan fingerprint density at radius 1 is 1.33 bits per heavy atom. The third-order valence-corrected chi connectivity index (χ3v) is 5.92. The molecule has 4 nitrogen and oxygen atoms in total. The molecule has 21 heavy (non-hydrogen) atoms. The van der Waals surface area contributed by atoms with E-state index in [0.29, 0.717) is 0 Å². The number of sulfonamides is 1. The van der Waals surface area contributed by atoms with Crippen molar-refractivity contribution < 1.29 is 12.8 Å². The number of benzene rings is 1. The average Bonchev–Trinajstić information content (AvgIpc) is 2.37. The summed E-state index contributed by atoms with van der Waals surface area (Å²) >= 11 is 0. The zero-order valence-electron chi connectivity index (χ0n) is 12.7. The van der Waals surface area contributed by atoms with Crippen molar-refractivity contribution in [3.63, 3.8) is 0 Å². The van der Waals surface area contributed by atoms with Crippen LogP contribution in [-0.2, 0) is 10.0 Å². The number of nitrogen functional groups attached to an aromatic ring is 1. The van der Waals surface area contributed by atoms with E-state index >= 15 is 0 Å². The number of hydrogen-bond donors (Lipinski definition) is 2. The monoisotopic (exact) mass is 314 g/mol. The molecule has 0 heterocycles. The zero-order valence-corrected chi connectivity index (χ0v) is 13.6. The van der Waals surface area contributed by atoms with Gasteiger partial charge in [0.15, 0.2) is 0 Å². The smallest absolute Gasteiger partial charge is 0.241 e. The first-order chi connectivity index (χ1) is 9.63. The van der Waals surface area contributed by atoms with Gasteiger partial charge in [0, 0.05) is 17.3 Å². The number of hydrogen-bond acceptors (Lipinski definition) is 3. The minimum Gasteiger partial charge on any atom is -0.398 e. The maximum Gasteiger partial charge on any atom is 0.241 e. The normalized spacial score (nSPS) is 22.2. The van der Waals surface area contributed by atoms with E-state index in [4.69, 9.17) is 5.73 Å². The highest BCUT2D eigenvalue weighted by Crippen LogP contribution is 2.36. The lowest BCUT2D eigenvalue weighted by Crippen LogP contribution is -2.46. The summed E-state index contributed by atoms with van der Waals surface area (Å²) in [5.74, 6) is -0.599. The Morgan fingerprint density at radius 3 is 2.57 bits per heavy atom. The average molecular weight is 314 g/mol. The molecule has 0 aromatic heterocycles. The van der Waals surface area contributed by atoms with Gasteiger partial charge in [-0.2, -0.15) is 0 Å². The molecule has 0 aliphatic heterocycles. The van der Waals surface area contributed by atoms with Crippen molar-refractivity contribution in [2.24, 2.45) is 5.41 Å². The Morgan fingerprint density at radius 2 is 2.00 bits per heavy atom. The van der Waals surface area contributed by atoms with Crippen molar-refractivity contribution in [3.8, 4) is 0 Å². The largest absolute Gasteiger partial charge is 0.398 e. The van der Waals surface area contributed by atoms with E-state index in [1.54, 1.807) is 0 Å². The quantitative estimate of drug-likeness (QED) is 0.843. The van der Waals surface area contributed by atoms with E-state index in [1.807, 2.05) is 0 Å². The van der Waals surface area contributed by atoms with Crippen molar-refractivity contribution in [2.45, 2.75) is 57.4 Å². The lowest BCUT2D eigenvalue weighted by atomic mass is 9.74. The summed E-state index contributed by atoms with van der Waals surface area (Å²) in [6.45, 7) is 5.64. The molecule has 0 amide bonds. The SMILES string of the molecule is Cc1c(N)cc(S(=O)(=O)NC2CCCCC2(C)C)cc1F. The predicted molar refractivity (Wildman–Crippen MR) is 81.9 cm³/mol. The standard InChI is InChI=1S/C15H23FN2O2S/c1-10-12(16)8-11(9-13(10)17)21(19,20)18-14-6-4-5-7-15(14,2)3/h8-9,14,18H,4-7,17H2,1-3H3. The van der Waals surface area contributed by atoms with E-state index in [1.165, 1.54) is 13.0 Å². The van der Waals surface area contributed by atoms with Crippen molar-refractivity contribution in [2.75, 3.05) is 5.73 Å². The van der Waals surface area contributed by atoms with Crippen LogP contribution >= 0.6 is 0 Å². The summed E-state index contributed by atoms with van der Waals surface area (Å²) in [5.41, 5.74) is 6.00. The molecule has 1 atom stereocenters. The number of nitrogens with one attached hydrogen (secondary N) is 1. The van der Waals surface area contributed by atoms with Crippen LogP contribution in [0, 0.1) is 18.2 Å². The summed E-state index contributed by atoms with van der Waals surface area (Å²) in [5, 5.41) is 0. The molecular weight excluding hydrogens is 291 g/mol. The van der Waals surface area contributed by atoms with Crippen molar-refractivity contribution in [1.82, 2.24) is 4.72 Å². The van der Waals surface area contributed by atoms with Crippen LogP contribution in [0.25, 0.3) is 0 Å². The lowest BCUT2D eigenvalue weighted by Gasteiger charge is -2.38. The minimum absolute atomic E-state index is 0.0971. The fourth-order valence-electron chi connectivity index (χ4n) is 2.80. The zero-order chi connectivity index (χ0) is 15.8. The maximum atomic E-state index is 13.7. The van der Waals surface area contributed by atoms with E-state index in [2.05, 4.69) is 18.6 Å². The fraction of sp³-hybridized carbons (Fsp3) is 0.600. The molecule has 0 radical (unpaired) electrons. The molecule has 118 valence electrons. The van der Waals surface area contributed by atoms with Gasteiger partial charge in [-0.3, -0.25) is 0 Å². The second-order valence-electron chi connectivity index (χ2n) is 6.53. The second-order valence-corrected chi connectivity index (χ2v) is 8.24. The molecule has 1 aliphatic carbocycles. The number of nitrogens with two attached hydrogens (primary N) is 1. The highest BCUT2D eigenvalue weighted by Gasteiger charge is 2.35. The minimum atomic E-state index is -3.76. The highest BCUT2D eigenvalue weighted by atomic mass is 32.2.